The average Bonchev–Trinajstić information content (AvgIpc) is 2.45. The van der Waals surface area contributed by atoms with Gasteiger partial charge in [-0.1, -0.05) is 18.2 Å². The Kier molecular flexibility index (Phi) is 3.37. The summed E-state index contributed by atoms with van der Waals surface area (Å²) in [5.74, 6) is -0.404. The highest BCUT2D eigenvalue weighted by molar-refractivity contribution is 5.96. The lowest BCUT2D eigenvalue weighted by molar-refractivity contribution is -0.116. The fourth-order valence-corrected chi connectivity index (χ4v) is 2.75. The molecular weight excluding hydrogens is 267 g/mol. The van der Waals surface area contributed by atoms with E-state index in [1.54, 1.807) is 6.07 Å². The van der Waals surface area contributed by atoms with Crippen molar-refractivity contribution in [3.8, 4) is 0 Å². The van der Waals surface area contributed by atoms with Crippen LogP contribution in [0.2, 0.25) is 0 Å². The van der Waals surface area contributed by atoms with E-state index in [2.05, 4.69) is 5.32 Å². The Balaban J connectivity index is 2.07. The number of nitrogens with zero attached hydrogens (tertiary/aromatic N) is 1. The van der Waals surface area contributed by atoms with Crippen LogP contribution in [0.5, 0.6) is 0 Å². The van der Waals surface area contributed by atoms with E-state index < -0.39 is 0 Å². The molecular formula is C17H17FN2O. The van der Waals surface area contributed by atoms with Crippen LogP contribution in [0.1, 0.15) is 23.5 Å². The van der Waals surface area contributed by atoms with E-state index in [1.165, 1.54) is 12.1 Å². The first kappa shape index (κ1) is 13.6. The molecule has 0 saturated heterocycles. The summed E-state index contributed by atoms with van der Waals surface area (Å²) in [6.07, 6.45) is 0.345. The first-order valence-electron chi connectivity index (χ1n) is 6.91. The van der Waals surface area contributed by atoms with E-state index in [4.69, 9.17) is 0 Å². The summed E-state index contributed by atoms with van der Waals surface area (Å²) in [6, 6.07) is 12.5. The molecule has 1 N–H and O–H groups in total. The number of amides is 1. The van der Waals surface area contributed by atoms with Crippen LogP contribution in [0.4, 0.5) is 15.8 Å². The Labute approximate surface area is 123 Å². The summed E-state index contributed by atoms with van der Waals surface area (Å²) in [5.41, 5.74) is 3.70. The van der Waals surface area contributed by atoms with Gasteiger partial charge >= 0.3 is 0 Å². The van der Waals surface area contributed by atoms with Crippen molar-refractivity contribution < 1.29 is 9.18 Å². The summed E-state index contributed by atoms with van der Waals surface area (Å²) in [7, 11) is 3.91. The predicted octanol–water partition coefficient (Wildman–Crippen LogP) is 3.37. The van der Waals surface area contributed by atoms with Gasteiger partial charge in [0.05, 0.1) is 0 Å². The molecule has 1 heterocycles. The van der Waals surface area contributed by atoms with E-state index >= 15 is 0 Å². The predicted molar refractivity (Wildman–Crippen MR) is 82.3 cm³/mol. The van der Waals surface area contributed by atoms with Gasteiger partial charge in [0.2, 0.25) is 5.91 Å². The second-order valence-corrected chi connectivity index (χ2v) is 5.53. The summed E-state index contributed by atoms with van der Waals surface area (Å²) in [5, 5.41) is 2.91. The number of rotatable bonds is 2. The minimum absolute atomic E-state index is 0.0346. The maximum Gasteiger partial charge on any atom is 0.225 e. The standard InChI is InChI=1S/C17H17FN2O/c1-20(2)13-6-7-14-15(10-17(21)19-16(14)9-13)11-4-3-5-12(18)8-11/h3-9,15H,10H2,1-2H3,(H,19,21). The molecule has 0 radical (unpaired) electrons. The molecule has 1 aliphatic rings. The van der Waals surface area contributed by atoms with Crippen LogP contribution in [-0.4, -0.2) is 20.0 Å². The molecule has 0 aliphatic carbocycles. The van der Waals surface area contributed by atoms with Crippen LogP contribution in [-0.2, 0) is 4.79 Å². The maximum atomic E-state index is 13.5. The van der Waals surface area contributed by atoms with E-state index in [-0.39, 0.29) is 17.6 Å². The first-order valence-corrected chi connectivity index (χ1v) is 6.91. The van der Waals surface area contributed by atoms with Crippen LogP contribution in [0.3, 0.4) is 0 Å². The smallest absolute Gasteiger partial charge is 0.225 e. The van der Waals surface area contributed by atoms with Gasteiger partial charge in [0, 0.05) is 37.8 Å². The number of carbonyl (C=O) groups excluding carboxylic acids is 1. The third-order valence-electron chi connectivity index (χ3n) is 3.84. The Morgan fingerprint density at radius 2 is 2.00 bits per heavy atom. The molecule has 1 aliphatic heterocycles. The molecule has 0 saturated carbocycles. The molecule has 3 rings (SSSR count). The summed E-state index contributed by atoms with van der Waals surface area (Å²) in [4.78, 5) is 13.9. The normalized spacial score (nSPS) is 17.1. The third kappa shape index (κ3) is 2.61. The minimum Gasteiger partial charge on any atom is -0.378 e. The molecule has 1 amide bonds. The van der Waals surface area contributed by atoms with Crippen LogP contribution in [0.25, 0.3) is 0 Å². The zero-order valence-corrected chi connectivity index (χ0v) is 12.1. The lowest BCUT2D eigenvalue weighted by Crippen LogP contribution is -2.24. The van der Waals surface area contributed by atoms with Gasteiger partial charge in [0.15, 0.2) is 0 Å². The van der Waals surface area contributed by atoms with Crippen LogP contribution in [0.15, 0.2) is 42.5 Å². The van der Waals surface area contributed by atoms with Gasteiger partial charge in [-0.3, -0.25) is 4.79 Å². The van der Waals surface area contributed by atoms with Crippen molar-refractivity contribution in [2.75, 3.05) is 24.3 Å². The number of carbonyl (C=O) groups is 1. The Hall–Kier alpha value is -2.36. The third-order valence-corrected chi connectivity index (χ3v) is 3.84. The number of nitrogens with one attached hydrogen (secondary N) is 1. The molecule has 0 fully saturated rings. The molecule has 108 valence electrons. The lowest BCUT2D eigenvalue weighted by atomic mass is 9.84. The van der Waals surface area contributed by atoms with Gasteiger partial charge < -0.3 is 10.2 Å². The molecule has 0 aromatic heterocycles. The van der Waals surface area contributed by atoms with Gasteiger partial charge in [0.1, 0.15) is 5.82 Å². The lowest BCUT2D eigenvalue weighted by Gasteiger charge is -2.27. The van der Waals surface area contributed by atoms with Crippen molar-refractivity contribution in [3.63, 3.8) is 0 Å². The monoisotopic (exact) mass is 284 g/mol. The number of anilines is 2. The zero-order valence-electron chi connectivity index (χ0n) is 12.1. The van der Waals surface area contributed by atoms with Gasteiger partial charge in [-0.2, -0.15) is 0 Å². The van der Waals surface area contributed by atoms with Gasteiger partial charge in [-0.15, -0.1) is 0 Å². The SMILES string of the molecule is CN(C)c1ccc2c(c1)NC(=O)CC2c1cccc(F)c1. The maximum absolute atomic E-state index is 13.5. The second kappa shape index (κ2) is 5.20. The number of halogens is 1. The molecule has 21 heavy (non-hydrogen) atoms. The van der Waals surface area contributed by atoms with Crippen molar-refractivity contribution in [1.82, 2.24) is 0 Å². The first-order chi connectivity index (χ1) is 10.0. The van der Waals surface area contributed by atoms with Crippen molar-refractivity contribution in [2.45, 2.75) is 12.3 Å². The van der Waals surface area contributed by atoms with E-state index in [9.17, 15) is 9.18 Å². The largest absolute Gasteiger partial charge is 0.378 e. The van der Waals surface area contributed by atoms with E-state index in [0.717, 1.165) is 22.5 Å². The van der Waals surface area contributed by atoms with Crippen molar-refractivity contribution >= 4 is 17.3 Å². The van der Waals surface area contributed by atoms with Crippen LogP contribution in [0, 0.1) is 5.82 Å². The summed E-state index contributed by atoms with van der Waals surface area (Å²) >= 11 is 0. The highest BCUT2D eigenvalue weighted by Gasteiger charge is 2.27. The van der Waals surface area contributed by atoms with Crippen LogP contribution < -0.4 is 10.2 Å². The second-order valence-electron chi connectivity index (χ2n) is 5.53. The van der Waals surface area contributed by atoms with E-state index in [1.807, 2.05) is 43.3 Å². The van der Waals surface area contributed by atoms with E-state index in [0.29, 0.717) is 6.42 Å². The fourth-order valence-electron chi connectivity index (χ4n) is 2.75. The van der Waals surface area contributed by atoms with Gasteiger partial charge in [0.25, 0.3) is 0 Å². The quantitative estimate of drug-likeness (QED) is 0.917. The fraction of sp³-hybridized carbons (Fsp3) is 0.235. The number of hydrogen-bond donors (Lipinski definition) is 1. The van der Waals surface area contributed by atoms with Gasteiger partial charge in [-0.25, -0.2) is 4.39 Å². The molecule has 1 unspecified atom stereocenters. The molecule has 2 aromatic carbocycles. The molecule has 1 atom stereocenters. The topological polar surface area (TPSA) is 32.3 Å². The summed E-state index contributed by atoms with van der Waals surface area (Å²) in [6.45, 7) is 0. The van der Waals surface area contributed by atoms with Gasteiger partial charge in [-0.05, 0) is 35.4 Å². The molecule has 2 aromatic rings. The van der Waals surface area contributed by atoms with Crippen LogP contribution >= 0.6 is 0 Å². The number of hydrogen-bond acceptors (Lipinski definition) is 2. The molecule has 0 bridgehead atoms. The van der Waals surface area contributed by atoms with Crippen molar-refractivity contribution in [3.05, 3.63) is 59.4 Å². The molecule has 3 nitrogen and oxygen atoms in total. The average molecular weight is 284 g/mol. The van der Waals surface area contributed by atoms with Crippen molar-refractivity contribution in [1.29, 1.82) is 0 Å². The highest BCUT2D eigenvalue weighted by Crippen LogP contribution is 2.38. The zero-order chi connectivity index (χ0) is 15.0. The number of benzene rings is 2. The molecule has 4 heteroatoms. The molecule has 0 spiro atoms. The number of fused-ring (bicyclic) bond motifs is 1. The van der Waals surface area contributed by atoms with Crippen molar-refractivity contribution in [2.24, 2.45) is 0 Å². The summed E-state index contributed by atoms with van der Waals surface area (Å²) < 4.78 is 13.5. The minimum atomic E-state index is -0.273. The Morgan fingerprint density at radius 3 is 2.71 bits per heavy atom. The Morgan fingerprint density at radius 1 is 1.19 bits per heavy atom. The Bertz CT molecular complexity index is 697. The highest BCUT2D eigenvalue weighted by atomic mass is 19.1.